The summed E-state index contributed by atoms with van der Waals surface area (Å²) in [5.41, 5.74) is 6.40. The van der Waals surface area contributed by atoms with Crippen LogP contribution < -0.4 is 5.32 Å². The fraction of sp³-hybridized carbons (Fsp3) is 0.143. The second kappa shape index (κ2) is 6.64. The summed E-state index contributed by atoms with van der Waals surface area (Å²) in [7, 11) is 3.51. The molecule has 1 aromatic carbocycles. The molecule has 6 nitrogen and oxygen atoms in total. The van der Waals surface area contributed by atoms with Crippen molar-refractivity contribution >= 4 is 16.8 Å². The first kappa shape index (κ1) is 16.9. The molecule has 1 amide bonds. The van der Waals surface area contributed by atoms with E-state index in [2.05, 4.69) is 45.5 Å². The van der Waals surface area contributed by atoms with Gasteiger partial charge >= 0.3 is 0 Å². The Bertz CT molecular complexity index is 1160. The van der Waals surface area contributed by atoms with Crippen LogP contribution in [0.25, 0.3) is 33.2 Å². The number of rotatable bonds is 3. The standard InChI is InChI=1S/C21H19N5O/c1-13-8-14(16-10-24-26(3)12-16)4-6-17(13)18-11-23-9-15-5-7-19(21(27)22-2)25-20(15)18/h4-12H,1-3H3,(H,22,27). The van der Waals surface area contributed by atoms with Gasteiger partial charge in [0.15, 0.2) is 0 Å². The van der Waals surface area contributed by atoms with Crippen molar-refractivity contribution in [1.82, 2.24) is 25.1 Å². The normalized spacial score (nSPS) is 10.9. The third-order valence-electron chi connectivity index (χ3n) is 4.61. The van der Waals surface area contributed by atoms with Gasteiger partial charge in [-0.2, -0.15) is 5.10 Å². The van der Waals surface area contributed by atoms with E-state index in [9.17, 15) is 4.79 Å². The van der Waals surface area contributed by atoms with Gasteiger partial charge in [0.1, 0.15) is 5.69 Å². The predicted octanol–water partition coefficient (Wildman–Crippen LogP) is 3.37. The molecule has 27 heavy (non-hydrogen) atoms. The molecule has 0 aliphatic carbocycles. The number of amides is 1. The molecule has 3 aromatic heterocycles. The van der Waals surface area contributed by atoms with Gasteiger partial charge in [-0.1, -0.05) is 18.2 Å². The Kier molecular flexibility index (Phi) is 4.16. The van der Waals surface area contributed by atoms with Gasteiger partial charge in [-0.3, -0.25) is 14.5 Å². The number of aromatic nitrogens is 4. The summed E-state index contributed by atoms with van der Waals surface area (Å²) in [6.45, 7) is 2.07. The van der Waals surface area contributed by atoms with Crippen LogP contribution in [0.4, 0.5) is 0 Å². The largest absolute Gasteiger partial charge is 0.354 e. The first-order valence-corrected chi connectivity index (χ1v) is 8.63. The molecule has 0 aliphatic heterocycles. The smallest absolute Gasteiger partial charge is 0.269 e. The van der Waals surface area contributed by atoms with Gasteiger partial charge in [0.2, 0.25) is 0 Å². The fourth-order valence-corrected chi connectivity index (χ4v) is 3.21. The summed E-state index contributed by atoms with van der Waals surface area (Å²) < 4.78 is 1.79. The van der Waals surface area contributed by atoms with Crippen molar-refractivity contribution in [3.8, 4) is 22.3 Å². The van der Waals surface area contributed by atoms with E-state index in [1.165, 1.54) is 0 Å². The van der Waals surface area contributed by atoms with E-state index in [-0.39, 0.29) is 5.91 Å². The Morgan fingerprint density at radius 1 is 1.04 bits per heavy atom. The molecule has 0 unspecified atom stereocenters. The van der Waals surface area contributed by atoms with Crippen LogP contribution in [-0.2, 0) is 7.05 Å². The topological polar surface area (TPSA) is 72.7 Å². The minimum Gasteiger partial charge on any atom is -0.354 e. The number of pyridine rings is 2. The van der Waals surface area contributed by atoms with Crippen LogP contribution in [0.15, 0.2) is 55.1 Å². The lowest BCUT2D eigenvalue weighted by Crippen LogP contribution is -2.19. The SMILES string of the molecule is CNC(=O)c1ccc2cncc(-c3ccc(-c4cnn(C)c4)cc3C)c2n1. The van der Waals surface area contributed by atoms with Crippen LogP contribution in [-0.4, -0.2) is 32.7 Å². The molecule has 6 heteroatoms. The van der Waals surface area contributed by atoms with E-state index < -0.39 is 0 Å². The molecule has 0 bridgehead atoms. The monoisotopic (exact) mass is 357 g/mol. The zero-order valence-corrected chi connectivity index (χ0v) is 15.4. The molecule has 0 aliphatic rings. The van der Waals surface area contributed by atoms with Gasteiger partial charge in [0, 0.05) is 49.2 Å². The molecule has 0 saturated heterocycles. The van der Waals surface area contributed by atoms with Crippen LogP contribution in [0, 0.1) is 6.92 Å². The van der Waals surface area contributed by atoms with E-state index in [4.69, 9.17) is 0 Å². The highest BCUT2D eigenvalue weighted by atomic mass is 16.1. The van der Waals surface area contributed by atoms with E-state index in [0.717, 1.165) is 38.7 Å². The number of aryl methyl sites for hydroxylation is 2. The molecule has 0 radical (unpaired) electrons. The van der Waals surface area contributed by atoms with Crippen molar-refractivity contribution in [3.05, 3.63) is 66.4 Å². The van der Waals surface area contributed by atoms with Crippen molar-refractivity contribution in [1.29, 1.82) is 0 Å². The summed E-state index contributed by atoms with van der Waals surface area (Å²) in [5.74, 6) is -0.205. The zero-order valence-electron chi connectivity index (χ0n) is 15.4. The third-order valence-corrected chi connectivity index (χ3v) is 4.61. The van der Waals surface area contributed by atoms with Crippen LogP contribution >= 0.6 is 0 Å². The highest BCUT2D eigenvalue weighted by Gasteiger charge is 2.13. The van der Waals surface area contributed by atoms with Crippen molar-refractivity contribution in [2.75, 3.05) is 7.05 Å². The first-order valence-electron chi connectivity index (χ1n) is 8.63. The summed E-state index contributed by atoms with van der Waals surface area (Å²) in [5, 5.41) is 7.76. The minimum absolute atomic E-state index is 0.205. The van der Waals surface area contributed by atoms with E-state index >= 15 is 0 Å². The average molecular weight is 357 g/mol. The molecule has 0 fully saturated rings. The molecule has 4 aromatic rings. The van der Waals surface area contributed by atoms with Crippen LogP contribution in [0.3, 0.4) is 0 Å². The highest BCUT2D eigenvalue weighted by Crippen LogP contribution is 2.31. The Morgan fingerprint density at radius 2 is 1.89 bits per heavy atom. The highest BCUT2D eigenvalue weighted by molar-refractivity contribution is 5.98. The summed E-state index contributed by atoms with van der Waals surface area (Å²) >= 11 is 0. The van der Waals surface area contributed by atoms with E-state index in [1.54, 1.807) is 30.2 Å². The number of hydrogen-bond donors (Lipinski definition) is 1. The fourth-order valence-electron chi connectivity index (χ4n) is 3.21. The molecule has 1 N–H and O–H groups in total. The molecule has 3 heterocycles. The quantitative estimate of drug-likeness (QED) is 0.610. The maximum Gasteiger partial charge on any atom is 0.269 e. The summed E-state index contributed by atoms with van der Waals surface area (Å²) in [4.78, 5) is 20.9. The van der Waals surface area contributed by atoms with Gasteiger partial charge in [0.05, 0.1) is 11.7 Å². The van der Waals surface area contributed by atoms with Crippen LogP contribution in [0.2, 0.25) is 0 Å². The lowest BCUT2D eigenvalue weighted by Gasteiger charge is -2.11. The molecule has 4 rings (SSSR count). The van der Waals surface area contributed by atoms with Gasteiger partial charge in [0.25, 0.3) is 5.91 Å². The zero-order chi connectivity index (χ0) is 19.0. The van der Waals surface area contributed by atoms with Gasteiger partial charge < -0.3 is 5.32 Å². The second-order valence-corrected chi connectivity index (χ2v) is 6.47. The summed E-state index contributed by atoms with van der Waals surface area (Å²) in [6, 6.07) is 9.87. The number of fused-ring (bicyclic) bond motifs is 1. The number of carbonyl (C=O) groups is 1. The molecular weight excluding hydrogens is 338 g/mol. The predicted molar refractivity (Wildman–Crippen MR) is 105 cm³/mol. The van der Waals surface area contributed by atoms with Crippen molar-refractivity contribution in [2.45, 2.75) is 6.92 Å². The lowest BCUT2D eigenvalue weighted by atomic mass is 9.96. The van der Waals surface area contributed by atoms with E-state index in [1.807, 2.05) is 25.5 Å². The lowest BCUT2D eigenvalue weighted by molar-refractivity contribution is 0.0958. The molecule has 0 saturated carbocycles. The van der Waals surface area contributed by atoms with Gasteiger partial charge in [-0.15, -0.1) is 0 Å². The maximum absolute atomic E-state index is 12.0. The number of carbonyl (C=O) groups excluding carboxylic acids is 1. The Labute approximate surface area is 156 Å². The van der Waals surface area contributed by atoms with Gasteiger partial charge in [-0.25, -0.2) is 4.98 Å². The minimum atomic E-state index is -0.205. The van der Waals surface area contributed by atoms with Crippen molar-refractivity contribution < 1.29 is 4.79 Å². The van der Waals surface area contributed by atoms with Crippen LogP contribution in [0.5, 0.6) is 0 Å². The molecule has 134 valence electrons. The van der Waals surface area contributed by atoms with Gasteiger partial charge in [-0.05, 0) is 35.7 Å². The maximum atomic E-state index is 12.0. The third kappa shape index (κ3) is 3.06. The average Bonchev–Trinajstić information content (AvgIpc) is 3.13. The van der Waals surface area contributed by atoms with Crippen molar-refractivity contribution in [2.24, 2.45) is 7.05 Å². The molecular formula is C21H19N5O. The Balaban J connectivity index is 1.85. The number of nitrogens with one attached hydrogen (secondary N) is 1. The molecule has 0 atom stereocenters. The summed E-state index contributed by atoms with van der Waals surface area (Å²) in [6.07, 6.45) is 7.41. The number of benzene rings is 1. The first-order chi connectivity index (χ1) is 13.1. The van der Waals surface area contributed by atoms with Crippen molar-refractivity contribution in [3.63, 3.8) is 0 Å². The second-order valence-electron chi connectivity index (χ2n) is 6.47. The van der Waals surface area contributed by atoms with E-state index in [0.29, 0.717) is 5.69 Å². The molecule has 0 spiro atoms. The number of hydrogen-bond acceptors (Lipinski definition) is 4. The van der Waals surface area contributed by atoms with Crippen LogP contribution in [0.1, 0.15) is 16.1 Å². The Hall–Kier alpha value is -3.54. The number of nitrogens with zero attached hydrogens (tertiary/aromatic N) is 4. The Morgan fingerprint density at radius 3 is 2.59 bits per heavy atom.